The van der Waals surface area contributed by atoms with Crippen molar-refractivity contribution in [2.45, 2.75) is 6.92 Å². The van der Waals surface area contributed by atoms with E-state index < -0.39 is 6.09 Å². The highest BCUT2D eigenvalue weighted by atomic mass is 16.6. The highest BCUT2D eigenvalue weighted by Gasteiger charge is 2.15. The van der Waals surface area contributed by atoms with Crippen LogP contribution in [0.5, 0.6) is 0 Å². The summed E-state index contributed by atoms with van der Waals surface area (Å²) in [7, 11) is 0. The summed E-state index contributed by atoms with van der Waals surface area (Å²) in [6.07, 6.45) is 0.177. The first kappa shape index (κ1) is 14.0. The van der Waals surface area contributed by atoms with Crippen LogP contribution in [0.25, 0.3) is 5.57 Å². The van der Waals surface area contributed by atoms with E-state index in [1.165, 1.54) is 4.90 Å². The van der Waals surface area contributed by atoms with E-state index in [-0.39, 0.29) is 19.7 Å². The van der Waals surface area contributed by atoms with Crippen LogP contribution < -0.4 is 0 Å². The largest absolute Gasteiger partial charge is 0.450 e. The molecule has 0 spiro atoms. The summed E-state index contributed by atoms with van der Waals surface area (Å²) in [5.74, 6) is 0. The molecule has 1 aromatic rings. The number of carbonyl (C=O) groups is 2. The average Bonchev–Trinajstić information content (AvgIpc) is 2.39. The lowest BCUT2D eigenvalue weighted by Gasteiger charge is -2.20. The van der Waals surface area contributed by atoms with E-state index in [0.29, 0.717) is 6.29 Å². The molecule has 0 atom stereocenters. The van der Waals surface area contributed by atoms with E-state index in [0.717, 1.165) is 11.1 Å². The fraction of sp³-hybridized carbons (Fsp3) is 0.286. The number of amides is 1. The lowest BCUT2D eigenvalue weighted by atomic mass is 10.1. The number of hydrogen-bond donors (Lipinski definition) is 0. The summed E-state index contributed by atoms with van der Waals surface area (Å²) in [5, 5.41) is 0. The summed E-state index contributed by atoms with van der Waals surface area (Å²) >= 11 is 0. The van der Waals surface area contributed by atoms with E-state index >= 15 is 0 Å². The Morgan fingerprint density at radius 1 is 1.39 bits per heavy atom. The van der Waals surface area contributed by atoms with Gasteiger partial charge in [0.15, 0.2) is 0 Å². The maximum absolute atomic E-state index is 11.6. The Kier molecular flexibility index (Phi) is 5.64. The summed E-state index contributed by atoms with van der Waals surface area (Å²) in [4.78, 5) is 23.5. The van der Waals surface area contributed by atoms with Crippen LogP contribution in [0.3, 0.4) is 0 Å². The van der Waals surface area contributed by atoms with Crippen LogP contribution in [0.1, 0.15) is 12.5 Å². The lowest BCUT2D eigenvalue weighted by Crippen LogP contribution is -2.34. The molecular weight excluding hydrogens is 230 g/mol. The van der Waals surface area contributed by atoms with Crippen molar-refractivity contribution in [1.82, 2.24) is 4.90 Å². The number of aldehydes is 1. The molecule has 0 N–H and O–H groups in total. The van der Waals surface area contributed by atoms with Crippen molar-refractivity contribution in [3.63, 3.8) is 0 Å². The molecule has 0 aliphatic heterocycles. The number of benzene rings is 1. The predicted molar refractivity (Wildman–Crippen MR) is 70.1 cm³/mol. The third-order valence-corrected chi connectivity index (χ3v) is 2.38. The molecule has 4 heteroatoms. The van der Waals surface area contributed by atoms with E-state index in [4.69, 9.17) is 4.74 Å². The van der Waals surface area contributed by atoms with E-state index in [2.05, 4.69) is 6.58 Å². The Hall–Kier alpha value is -2.10. The minimum atomic E-state index is -0.498. The molecule has 0 bridgehead atoms. The van der Waals surface area contributed by atoms with E-state index in [9.17, 15) is 9.59 Å². The van der Waals surface area contributed by atoms with Gasteiger partial charge in [0.2, 0.25) is 0 Å². The van der Waals surface area contributed by atoms with Gasteiger partial charge in [0.25, 0.3) is 0 Å². The highest BCUT2D eigenvalue weighted by Crippen LogP contribution is 2.13. The third kappa shape index (κ3) is 4.05. The first-order chi connectivity index (χ1) is 8.69. The molecule has 0 saturated heterocycles. The molecule has 0 aliphatic rings. The van der Waals surface area contributed by atoms with Crippen molar-refractivity contribution >= 4 is 18.0 Å². The monoisotopic (exact) mass is 247 g/mol. The molecule has 1 aromatic carbocycles. The Bertz CT molecular complexity index is 414. The van der Waals surface area contributed by atoms with E-state index in [1.54, 1.807) is 6.92 Å². The zero-order valence-electron chi connectivity index (χ0n) is 10.5. The summed E-state index contributed by atoms with van der Waals surface area (Å²) in [5.41, 5.74) is 1.71. The maximum atomic E-state index is 11.6. The van der Waals surface area contributed by atoms with E-state index in [1.807, 2.05) is 30.3 Å². The maximum Gasteiger partial charge on any atom is 0.410 e. The number of nitrogens with zero attached hydrogens (tertiary/aromatic N) is 1. The quantitative estimate of drug-likeness (QED) is 0.725. The normalized spacial score (nSPS) is 9.61. The smallest absolute Gasteiger partial charge is 0.410 e. The minimum absolute atomic E-state index is 0.00465. The average molecular weight is 247 g/mol. The number of hydrogen-bond acceptors (Lipinski definition) is 3. The van der Waals surface area contributed by atoms with Crippen LogP contribution in [0, 0.1) is 0 Å². The second-order valence-electron chi connectivity index (χ2n) is 3.72. The Labute approximate surface area is 107 Å². The standard InChI is InChI=1S/C14H17NO3/c1-3-18-14(17)15(9-10-16)11-12(2)13-7-5-4-6-8-13/h4-8,10H,2-3,9,11H2,1H3. The molecule has 4 nitrogen and oxygen atoms in total. The van der Waals surface area contributed by atoms with Crippen molar-refractivity contribution in [2.75, 3.05) is 19.7 Å². The van der Waals surface area contributed by atoms with Gasteiger partial charge in [0, 0.05) is 6.54 Å². The molecule has 96 valence electrons. The van der Waals surface area contributed by atoms with Crippen LogP contribution in [-0.2, 0) is 9.53 Å². The molecule has 0 fully saturated rings. The second-order valence-corrected chi connectivity index (χ2v) is 3.72. The van der Waals surface area contributed by atoms with Gasteiger partial charge in [-0.1, -0.05) is 36.9 Å². The van der Waals surface area contributed by atoms with Crippen LogP contribution in [-0.4, -0.2) is 37.0 Å². The summed E-state index contributed by atoms with van der Waals surface area (Å²) in [6, 6.07) is 9.52. The summed E-state index contributed by atoms with van der Waals surface area (Å²) < 4.78 is 4.88. The molecule has 1 rings (SSSR count). The van der Waals surface area contributed by atoms with Gasteiger partial charge in [-0.3, -0.25) is 4.90 Å². The fourth-order valence-corrected chi connectivity index (χ4v) is 1.50. The first-order valence-corrected chi connectivity index (χ1v) is 5.77. The predicted octanol–water partition coefficient (Wildman–Crippen LogP) is 2.36. The van der Waals surface area contributed by atoms with Crippen LogP contribution in [0.2, 0.25) is 0 Å². The Morgan fingerprint density at radius 3 is 2.61 bits per heavy atom. The topological polar surface area (TPSA) is 46.6 Å². The van der Waals surface area contributed by atoms with Gasteiger partial charge in [-0.05, 0) is 18.1 Å². The van der Waals surface area contributed by atoms with Gasteiger partial charge >= 0.3 is 6.09 Å². The van der Waals surface area contributed by atoms with Gasteiger partial charge in [-0.2, -0.15) is 0 Å². The zero-order chi connectivity index (χ0) is 13.4. The fourth-order valence-electron chi connectivity index (χ4n) is 1.50. The molecule has 0 aliphatic carbocycles. The second kappa shape index (κ2) is 7.27. The third-order valence-electron chi connectivity index (χ3n) is 2.38. The first-order valence-electron chi connectivity index (χ1n) is 5.77. The van der Waals surface area contributed by atoms with Gasteiger partial charge in [0.1, 0.15) is 6.29 Å². The lowest BCUT2D eigenvalue weighted by molar-refractivity contribution is -0.108. The van der Waals surface area contributed by atoms with Crippen LogP contribution in [0.4, 0.5) is 4.79 Å². The van der Waals surface area contributed by atoms with Crippen LogP contribution in [0.15, 0.2) is 36.9 Å². The Morgan fingerprint density at radius 2 is 2.06 bits per heavy atom. The molecule has 0 unspecified atom stereocenters. The molecular formula is C14H17NO3. The zero-order valence-corrected chi connectivity index (χ0v) is 10.5. The molecule has 0 heterocycles. The van der Waals surface area contributed by atoms with Crippen molar-refractivity contribution in [2.24, 2.45) is 0 Å². The molecule has 0 saturated carbocycles. The van der Waals surface area contributed by atoms with Crippen molar-refractivity contribution in [1.29, 1.82) is 0 Å². The van der Waals surface area contributed by atoms with Gasteiger partial charge in [-0.25, -0.2) is 4.79 Å². The van der Waals surface area contributed by atoms with Crippen molar-refractivity contribution in [3.8, 4) is 0 Å². The van der Waals surface area contributed by atoms with Crippen molar-refractivity contribution < 1.29 is 14.3 Å². The van der Waals surface area contributed by atoms with Gasteiger partial charge in [0.05, 0.1) is 13.2 Å². The highest BCUT2D eigenvalue weighted by molar-refractivity contribution is 5.75. The minimum Gasteiger partial charge on any atom is -0.450 e. The number of rotatable bonds is 6. The number of ether oxygens (including phenoxy) is 1. The molecule has 1 amide bonds. The molecule has 0 radical (unpaired) electrons. The van der Waals surface area contributed by atoms with Gasteiger partial charge < -0.3 is 9.53 Å². The van der Waals surface area contributed by atoms with Crippen LogP contribution >= 0.6 is 0 Å². The van der Waals surface area contributed by atoms with Gasteiger partial charge in [-0.15, -0.1) is 0 Å². The molecule has 0 aromatic heterocycles. The van der Waals surface area contributed by atoms with Crippen molar-refractivity contribution in [3.05, 3.63) is 42.5 Å². The Balaban J connectivity index is 2.69. The molecule has 18 heavy (non-hydrogen) atoms. The SMILES string of the molecule is C=C(CN(CC=O)C(=O)OCC)c1ccccc1. The summed E-state index contributed by atoms with van der Waals surface area (Å²) in [6.45, 7) is 6.22. The number of carbonyl (C=O) groups excluding carboxylic acids is 2.